The van der Waals surface area contributed by atoms with E-state index < -0.39 is 0 Å². The summed E-state index contributed by atoms with van der Waals surface area (Å²) >= 11 is 0. The smallest absolute Gasteiger partial charge is 0.0883 e. The van der Waals surface area contributed by atoms with Crippen molar-refractivity contribution in [2.24, 2.45) is 0 Å². The Morgan fingerprint density at radius 2 is 1.87 bits per heavy atom. The lowest BCUT2D eigenvalue weighted by Crippen LogP contribution is -1.97. The quantitative estimate of drug-likeness (QED) is 0.811. The zero-order valence-corrected chi connectivity index (χ0v) is 9.01. The Balaban J connectivity index is 2.43. The molecule has 0 saturated heterocycles. The maximum Gasteiger partial charge on any atom is 0.0883 e. The number of aromatic nitrogens is 2. The zero-order valence-electron chi connectivity index (χ0n) is 9.01. The highest BCUT2D eigenvalue weighted by Gasteiger charge is 2.09. The molecule has 78 valence electrons. The lowest BCUT2D eigenvalue weighted by atomic mass is 10.1. The van der Waals surface area contributed by atoms with E-state index in [-0.39, 0.29) is 0 Å². The zero-order chi connectivity index (χ0) is 10.8. The van der Waals surface area contributed by atoms with Crippen LogP contribution in [0.1, 0.15) is 25.5 Å². The van der Waals surface area contributed by atoms with Crippen molar-refractivity contribution in [2.45, 2.75) is 19.8 Å². The summed E-state index contributed by atoms with van der Waals surface area (Å²) in [4.78, 5) is 0. The van der Waals surface area contributed by atoms with E-state index in [0.717, 1.165) is 17.1 Å². The van der Waals surface area contributed by atoms with E-state index in [0.29, 0.717) is 5.92 Å². The number of para-hydroxylation sites is 1. The van der Waals surface area contributed by atoms with Gasteiger partial charge in [-0.2, -0.15) is 5.10 Å². The molecule has 3 nitrogen and oxygen atoms in total. The van der Waals surface area contributed by atoms with Crippen LogP contribution in [0.15, 0.2) is 36.5 Å². The van der Waals surface area contributed by atoms with Crippen LogP contribution >= 0.6 is 0 Å². The third-order valence-electron chi connectivity index (χ3n) is 2.34. The van der Waals surface area contributed by atoms with Crippen LogP contribution in [-0.2, 0) is 0 Å². The Labute approximate surface area is 89.5 Å². The van der Waals surface area contributed by atoms with E-state index in [4.69, 9.17) is 5.73 Å². The van der Waals surface area contributed by atoms with Crippen LogP contribution in [0.25, 0.3) is 5.69 Å². The number of benzene rings is 1. The van der Waals surface area contributed by atoms with Crippen molar-refractivity contribution in [1.82, 2.24) is 9.78 Å². The summed E-state index contributed by atoms with van der Waals surface area (Å²) in [5.41, 5.74) is 8.65. The van der Waals surface area contributed by atoms with E-state index in [2.05, 4.69) is 18.9 Å². The molecule has 0 saturated carbocycles. The summed E-state index contributed by atoms with van der Waals surface area (Å²) in [6, 6.07) is 9.98. The van der Waals surface area contributed by atoms with Crippen molar-refractivity contribution >= 4 is 5.69 Å². The van der Waals surface area contributed by atoms with Crippen molar-refractivity contribution < 1.29 is 0 Å². The normalized spacial score (nSPS) is 10.9. The van der Waals surface area contributed by atoms with Crippen LogP contribution in [0.4, 0.5) is 5.69 Å². The number of hydrogen-bond acceptors (Lipinski definition) is 2. The summed E-state index contributed by atoms with van der Waals surface area (Å²) in [7, 11) is 0. The van der Waals surface area contributed by atoms with Crippen molar-refractivity contribution in [3.8, 4) is 5.69 Å². The molecular weight excluding hydrogens is 186 g/mol. The van der Waals surface area contributed by atoms with Crippen LogP contribution in [-0.4, -0.2) is 9.78 Å². The second kappa shape index (κ2) is 3.77. The molecule has 0 radical (unpaired) electrons. The van der Waals surface area contributed by atoms with Gasteiger partial charge in [-0.15, -0.1) is 0 Å². The number of nitrogens with two attached hydrogens (primary N) is 1. The first kappa shape index (κ1) is 9.77. The average Bonchev–Trinajstić information content (AvgIpc) is 2.62. The fourth-order valence-electron chi connectivity index (χ4n) is 1.56. The van der Waals surface area contributed by atoms with Gasteiger partial charge in [0.2, 0.25) is 0 Å². The number of nitrogens with zero attached hydrogens (tertiary/aromatic N) is 2. The van der Waals surface area contributed by atoms with Crippen molar-refractivity contribution in [3.63, 3.8) is 0 Å². The van der Waals surface area contributed by atoms with E-state index in [1.54, 1.807) is 0 Å². The van der Waals surface area contributed by atoms with Crippen molar-refractivity contribution in [3.05, 3.63) is 42.2 Å². The highest BCUT2D eigenvalue weighted by molar-refractivity contribution is 5.45. The largest absolute Gasteiger partial charge is 0.396 e. The molecule has 2 aromatic rings. The number of anilines is 1. The van der Waals surface area contributed by atoms with Gasteiger partial charge < -0.3 is 5.73 Å². The first-order valence-corrected chi connectivity index (χ1v) is 5.09. The molecule has 2 rings (SSSR count). The van der Waals surface area contributed by atoms with Gasteiger partial charge in [0.15, 0.2) is 0 Å². The van der Waals surface area contributed by atoms with Crippen molar-refractivity contribution in [1.29, 1.82) is 0 Å². The van der Waals surface area contributed by atoms with E-state index in [1.165, 1.54) is 0 Å². The van der Waals surface area contributed by atoms with E-state index in [1.807, 2.05) is 41.2 Å². The van der Waals surface area contributed by atoms with Gasteiger partial charge in [0, 0.05) is 0 Å². The van der Waals surface area contributed by atoms with Crippen LogP contribution in [0.3, 0.4) is 0 Å². The summed E-state index contributed by atoms with van der Waals surface area (Å²) in [5.74, 6) is 0.356. The topological polar surface area (TPSA) is 43.8 Å². The highest BCUT2D eigenvalue weighted by Crippen LogP contribution is 2.21. The molecule has 0 amide bonds. The van der Waals surface area contributed by atoms with Crippen molar-refractivity contribution in [2.75, 3.05) is 5.73 Å². The highest BCUT2D eigenvalue weighted by atomic mass is 15.3. The average molecular weight is 201 g/mol. The Bertz CT molecular complexity index is 443. The monoisotopic (exact) mass is 201 g/mol. The maximum atomic E-state index is 5.90. The minimum absolute atomic E-state index is 0.356. The Kier molecular flexibility index (Phi) is 2.46. The molecule has 0 aliphatic carbocycles. The molecule has 0 fully saturated rings. The van der Waals surface area contributed by atoms with Gasteiger partial charge in [0.25, 0.3) is 0 Å². The standard InChI is InChI=1S/C12H15N3/c1-9(2)12-11(13)8-15(14-12)10-6-4-3-5-7-10/h3-9H,13H2,1-2H3. The van der Waals surface area contributed by atoms with E-state index in [9.17, 15) is 0 Å². The molecule has 0 atom stereocenters. The lowest BCUT2D eigenvalue weighted by molar-refractivity contribution is 0.769. The molecule has 1 heterocycles. The summed E-state index contributed by atoms with van der Waals surface area (Å²) in [5, 5.41) is 4.47. The van der Waals surface area contributed by atoms with Crippen LogP contribution in [0, 0.1) is 0 Å². The second-order valence-corrected chi connectivity index (χ2v) is 3.90. The first-order chi connectivity index (χ1) is 7.18. The molecule has 0 spiro atoms. The summed E-state index contributed by atoms with van der Waals surface area (Å²) in [6.45, 7) is 4.18. The molecule has 1 aromatic heterocycles. The fraction of sp³-hybridized carbons (Fsp3) is 0.250. The molecule has 0 bridgehead atoms. The molecule has 2 N–H and O–H groups in total. The van der Waals surface area contributed by atoms with Crippen LogP contribution in [0.2, 0.25) is 0 Å². The molecule has 3 heteroatoms. The van der Waals surface area contributed by atoms with E-state index >= 15 is 0 Å². The van der Waals surface area contributed by atoms with Gasteiger partial charge in [-0.05, 0) is 18.1 Å². The minimum atomic E-state index is 0.356. The fourth-order valence-corrected chi connectivity index (χ4v) is 1.56. The van der Waals surface area contributed by atoms with Crippen LogP contribution in [0.5, 0.6) is 0 Å². The lowest BCUT2D eigenvalue weighted by Gasteiger charge is -2.01. The van der Waals surface area contributed by atoms with Gasteiger partial charge >= 0.3 is 0 Å². The predicted octanol–water partition coefficient (Wildman–Crippen LogP) is 2.58. The third kappa shape index (κ3) is 1.86. The Morgan fingerprint density at radius 1 is 1.20 bits per heavy atom. The minimum Gasteiger partial charge on any atom is -0.396 e. The van der Waals surface area contributed by atoms with Gasteiger partial charge in [-0.25, -0.2) is 4.68 Å². The first-order valence-electron chi connectivity index (χ1n) is 5.09. The van der Waals surface area contributed by atoms with Crippen LogP contribution < -0.4 is 5.73 Å². The van der Waals surface area contributed by atoms with Gasteiger partial charge in [-0.3, -0.25) is 0 Å². The van der Waals surface area contributed by atoms with Gasteiger partial charge in [0.05, 0.1) is 23.3 Å². The second-order valence-electron chi connectivity index (χ2n) is 3.90. The molecule has 15 heavy (non-hydrogen) atoms. The molecule has 0 aliphatic heterocycles. The summed E-state index contributed by atoms with van der Waals surface area (Å²) < 4.78 is 1.82. The molecular formula is C12H15N3. The Morgan fingerprint density at radius 3 is 2.40 bits per heavy atom. The molecule has 0 unspecified atom stereocenters. The maximum absolute atomic E-state index is 5.90. The Hall–Kier alpha value is -1.77. The number of nitrogen functional groups attached to an aromatic ring is 1. The van der Waals surface area contributed by atoms with Gasteiger partial charge in [0.1, 0.15) is 0 Å². The number of hydrogen-bond donors (Lipinski definition) is 1. The molecule has 1 aromatic carbocycles. The third-order valence-corrected chi connectivity index (χ3v) is 2.34. The SMILES string of the molecule is CC(C)c1nn(-c2ccccc2)cc1N. The summed E-state index contributed by atoms with van der Waals surface area (Å²) in [6.07, 6.45) is 1.87. The van der Waals surface area contributed by atoms with Gasteiger partial charge in [-0.1, -0.05) is 32.0 Å². The predicted molar refractivity (Wildman–Crippen MR) is 62.1 cm³/mol. The molecule has 0 aliphatic rings. The number of rotatable bonds is 2.